The molecule has 0 radical (unpaired) electrons. The Morgan fingerprint density at radius 3 is 2.50 bits per heavy atom. The monoisotopic (exact) mass is 478 g/mol. The van der Waals surface area contributed by atoms with E-state index >= 15 is 0 Å². The van der Waals surface area contributed by atoms with Gasteiger partial charge in [0, 0.05) is 44.8 Å². The maximum Gasteiger partial charge on any atom is 0.407 e. The van der Waals surface area contributed by atoms with E-state index in [9.17, 15) is 14.7 Å². The molecule has 1 aromatic carbocycles. The molecule has 192 valence electrons. The molecule has 0 aromatic heterocycles. The van der Waals surface area contributed by atoms with Crippen molar-refractivity contribution in [2.24, 2.45) is 0 Å². The Kier molecular flexibility index (Phi) is 11.0. The molecule has 1 saturated heterocycles. The first-order chi connectivity index (χ1) is 16.2. The fourth-order valence-corrected chi connectivity index (χ4v) is 4.44. The lowest BCUT2D eigenvalue weighted by Gasteiger charge is -2.41. The summed E-state index contributed by atoms with van der Waals surface area (Å²) in [6, 6.07) is 3.51. The number of amides is 2. The Balaban J connectivity index is 2.44. The summed E-state index contributed by atoms with van der Waals surface area (Å²) < 4.78 is 17.2. The number of carbonyl (C=O) groups excluding carboxylic acids is 1. The smallest absolute Gasteiger partial charge is 0.407 e. The fraction of sp³-hybridized carbons (Fsp3) is 0.692. The van der Waals surface area contributed by atoms with E-state index in [1.165, 1.54) is 4.90 Å². The van der Waals surface area contributed by atoms with Crippen LogP contribution in [-0.2, 0) is 11.2 Å². The second kappa shape index (κ2) is 13.4. The van der Waals surface area contributed by atoms with Crippen molar-refractivity contribution in [2.75, 3.05) is 33.4 Å². The highest BCUT2D eigenvalue weighted by Crippen LogP contribution is 2.34. The highest BCUT2D eigenvalue weighted by atomic mass is 16.5. The van der Waals surface area contributed by atoms with Crippen molar-refractivity contribution in [1.82, 2.24) is 9.80 Å². The number of aryl methyl sites for hydroxylation is 1. The van der Waals surface area contributed by atoms with E-state index in [2.05, 4.69) is 6.92 Å². The van der Waals surface area contributed by atoms with E-state index in [0.717, 1.165) is 37.7 Å². The summed E-state index contributed by atoms with van der Waals surface area (Å²) in [5, 5.41) is 9.49. The van der Waals surface area contributed by atoms with E-state index in [1.807, 2.05) is 44.7 Å². The summed E-state index contributed by atoms with van der Waals surface area (Å²) in [5.74, 6) is 1.10. The van der Waals surface area contributed by atoms with Crippen LogP contribution in [0.15, 0.2) is 12.1 Å². The normalized spacial score (nSPS) is 16.1. The van der Waals surface area contributed by atoms with E-state index in [4.69, 9.17) is 14.2 Å². The maximum atomic E-state index is 14.0. The van der Waals surface area contributed by atoms with Crippen LogP contribution < -0.4 is 9.47 Å². The summed E-state index contributed by atoms with van der Waals surface area (Å²) in [7, 11) is 1.65. The number of carboxylic acid groups (broad SMARTS) is 1. The van der Waals surface area contributed by atoms with Gasteiger partial charge in [-0.1, -0.05) is 13.3 Å². The molecular weight excluding hydrogens is 436 g/mol. The highest BCUT2D eigenvalue weighted by Gasteiger charge is 2.34. The molecule has 1 atom stereocenters. The first-order valence-electron chi connectivity index (χ1n) is 12.4. The third kappa shape index (κ3) is 7.52. The first kappa shape index (κ1) is 27.8. The van der Waals surface area contributed by atoms with Crippen LogP contribution in [-0.4, -0.2) is 78.5 Å². The highest BCUT2D eigenvalue weighted by molar-refractivity contribution is 5.97. The Morgan fingerprint density at radius 2 is 1.91 bits per heavy atom. The van der Waals surface area contributed by atoms with Crippen molar-refractivity contribution in [3.63, 3.8) is 0 Å². The van der Waals surface area contributed by atoms with E-state index in [0.29, 0.717) is 43.4 Å². The Morgan fingerprint density at radius 1 is 1.18 bits per heavy atom. The molecule has 8 nitrogen and oxygen atoms in total. The van der Waals surface area contributed by atoms with E-state index < -0.39 is 6.09 Å². The minimum absolute atomic E-state index is 0.0336. The molecule has 1 N–H and O–H groups in total. The predicted molar refractivity (Wildman–Crippen MR) is 132 cm³/mol. The zero-order valence-electron chi connectivity index (χ0n) is 21.6. The zero-order valence-corrected chi connectivity index (χ0v) is 21.6. The lowest BCUT2D eigenvalue weighted by atomic mass is 9.97. The summed E-state index contributed by atoms with van der Waals surface area (Å²) in [6.07, 6.45) is 2.90. The van der Waals surface area contributed by atoms with Crippen molar-refractivity contribution in [2.45, 2.75) is 84.9 Å². The third-order valence-electron chi connectivity index (χ3n) is 5.88. The fourth-order valence-electron chi connectivity index (χ4n) is 4.44. The summed E-state index contributed by atoms with van der Waals surface area (Å²) in [4.78, 5) is 28.8. The van der Waals surface area contributed by atoms with Crippen LogP contribution in [0.4, 0.5) is 4.79 Å². The molecule has 34 heavy (non-hydrogen) atoms. The largest absolute Gasteiger partial charge is 0.490 e. The number of benzene rings is 1. The van der Waals surface area contributed by atoms with Gasteiger partial charge in [0.2, 0.25) is 0 Å². The van der Waals surface area contributed by atoms with Gasteiger partial charge in [-0.3, -0.25) is 4.79 Å². The number of methoxy groups -OCH3 is 1. The molecule has 0 unspecified atom stereocenters. The number of rotatable bonds is 12. The minimum atomic E-state index is -0.936. The molecule has 0 aliphatic carbocycles. The van der Waals surface area contributed by atoms with Gasteiger partial charge in [-0.05, 0) is 64.7 Å². The molecule has 0 spiro atoms. The average molecular weight is 479 g/mol. The molecule has 1 aliphatic heterocycles. The lowest BCUT2D eigenvalue weighted by molar-refractivity contribution is 0.0448. The molecule has 1 heterocycles. The van der Waals surface area contributed by atoms with Gasteiger partial charge in [-0.15, -0.1) is 0 Å². The van der Waals surface area contributed by atoms with Crippen molar-refractivity contribution < 1.29 is 28.9 Å². The molecule has 0 saturated carbocycles. The Bertz CT molecular complexity index is 811. The van der Waals surface area contributed by atoms with Crippen LogP contribution >= 0.6 is 0 Å². The lowest BCUT2D eigenvalue weighted by Crippen LogP contribution is -2.53. The number of carbonyl (C=O) groups is 2. The maximum absolute atomic E-state index is 14.0. The molecule has 2 rings (SSSR count). The van der Waals surface area contributed by atoms with Crippen LogP contribution in [0.5, 0.6) is 11.5 Å². The first-order valence-corrected chi connectivity index (χ1v) is 12.4. The van der Waals surface area contributed by atoms with Crippen LogP contribution in [0, 0.1) is 0 Å². The van der Waals surface area contributed by atoms with E-state index in [1.54, 1.807) is 7.11 Å². The standard InChI is InChI=1S/C26H42N2O6/c1-7-10-20-15-24(34-19(4)5)23(33-14-9-13-32-6)16-22(20)25(29)28(18(2)3)21-11-8-12-27(17-21)26(30)31/h15-16,18-19,21H,7-14,17H2,1-6H3,(H,30,31)/t21-/m1/s1. The van der Waals surface area contributed by atoms with Crippen LogP contribution in [0.25, 0.3) is 0 Å². The van der Waals surface area contributed by atoms with Gasteiger partial charge in [0.1, 0.15) is 0 Å². The number of nitrogens with zero attached hydrogens (tertiary/aromatic N) is 2. The SMILES string of the molecule is CCCc1cc(OC(C)C)c(OCCCOC)cc1C(=O)N(C(C)C)[C@@H]1CCCN(C(=O)O)C1. The predicted octanol–water partition coefficient (Wildman–Crippen LogP) is 4.83. The topological polar surface area (TPSA) is 88.5 Å². The molecule has 1 fully saturated rings. The summed E-state index contributed by atoms with van der Waals surface area (Å²) in [5.41, 5.74) is 1.52. The second-order valence-electron chi connectivity index (χ2n) is 9.40. The van der Waals surface area contributed by atoms with Gasteiger partial charge in [-0.2, -0.15) is 0 Å². The van der Waals surface area contributed by atoms with Gasteiger partial charge in [-0.25, -0.2) is 4.79 Å². The molecule has 8 heteroatoms. The van der Waals surface area contributed by atoms with Crippen LogP contribution in [0.3, 0.4) is 0 Å². The van der Waals surface area contributed by atoms with Crippen molar-refractivity contribution in [3.05, 3.63) is 23.3 Å². The van der Waals surface area contributed by atoms with Gasteiger partial charge in [0.15, 0.2) is 11.5 Å². The van der Waals surface area contributed by atoms with Gasteiger partial charge in [0.25, 0.3) is 5.91 Å². The summed E-state index contributed by atoms with van der Waals surface area (Å²) in [6.45, 7) is 11.8. The zero-order chi connectivity index (χ0) is 25.3. The molecule has 1 aliphatic rings. The van der Waals surface area contributed by atoms with E-state index in [-0.39, 0.29) is 24.1 Å². The van der Waals surface area contributed by atoms with Gasteiger partial charge in [0.05, 0.1) is 18.8 Å². The average Bonchev–Trinajstić information content (AvgIpc) is 2.77. The quantitative estimate of drug-likeness (QED) is 0.433. The van der Waals surface area contributed by atoms with Crippen molar-refractivity contribution >= 4 is 12.0 Å². The Hall–Kier alpha value is -2.48. The molecular formula is C26H42N2O6. The third-order valence-corrected chi connectivity index (χ3v) is 5.88. The van der Waals surface area contributed by atoms with Gasteiger partial charge >= 0.3 is 6.09 Å². The number of hydrogen-bond acceptors (Lipinski definition) is 5. The Labute approximate surface area is 204 Å². The van der Waals surface area contributed by atoms with Crippen molar-refractivity contribution in [3.8, 4) is 11.5 Å². The molecule has 1 aromatic rings. The molecule has 2 amide bonds. The summed E-state index contributed by atoms with van der Waals surface area (Å²) >= 11 is 0. The molecule has 0 bridgehead atoms. The van der Waals surface area contributed by atoms with Crippen LogP contribution in [0.1, 0.15) is 76.2 Å². The number of hydrogen-bond donors (Lipinski definition) is 1. The number of likely N-dealkylation sites (tertiary alicyclic amines) is 1. The van der Waals surface area contributed by atoms with Crippen LogP contribution in [0.2, 0.25) is 0 Å². The number of ether oxygens (including phenoxy) is 3. The number of piperidine rings is 1. The van der Waals surface area contributed by atoms with Gasteiger partial charge < -0.3 is 29.1 Å². The second-order valence-corrected chi connectivity index (χ2v) is 9.40. The van der Waals surface area contributed by atoms with Crippen molar-refractivity contribution in [1.29, 1.82) is 0 Å². The minimum Gasteiger partial charge on any atom is -0.490 e.